The third kappa shape index (κ3) is 2.31. The van der Waals surface area contributed by atoms with Crippen molar-refractivity contribution < 1.29 is 13.3 Å². The maximum atomic E-state index is 13.1. The van der Waals surface area contributed by atoms with Crippen LogP contribution in [0.4, 0.5) is 8.78 Å². The van der Waals surface area contributed by atoms with E-state index in [0.29, 0.717) is 23.8 Å². The van der Waals surface area contributed by atoms with Crippen molar-refractivity contribution in [2.45, 2.75) is 31.1 Å². The molecule has 20 heavy (non-hydrogen) atoms. The van der Waals surface area contributed by atoms with E-state index in [2.05, 4.69) is 10.1 Å². The summed E-state index contributed by atoms with van der Waals surface area (Å²) in [4.78, 5) is 4.33. The fraction of sp³-hybridized carbons (Fsp3) is 0.429. The molecular weight excluding hydrogens is 264 g/mol. The first-order valence-electron chi connectivity index (χ1n) is 6.59. The zero-order valence-corrected chi connectivity index (χ0v) is 10.9. The highest BCUT2D eigenvalue weighted by atomic mass is 19.1. The average molecular weight is 279 g/mol. The molecule has 106 valence electrons. The first-order valence-corrected chi connectivity index (χ1v) is 6.59. The van der Waals surface area contributed by atoms with Crippen molar-refractivity contribution in [1.29, 1.82) is 0 Å². The van der Waals surface area contributed by atoms with E-state index in [1.807, 2.05) is 0 Å². The Morgan fingerprint density at radius 1 is 1.20 bits per heavy atom. The van der Waals surface area contributed by atoms with Crippen molar-refractivity contribution in [3.05, 3.63) is 47.1 Å². The molecular formula is C14H15F2N3O. The summed E-state index contributed by atoms with van der Waals surface area (Å²) in [5, 5.41) is 3.88. The molecule has 0 bridgehead atoms. The molecule has 0 aliphatic heterocycles. The molecule has 3 rings (SSSR count). The topological polar surface area (TPSA) is 64.9 Å². The number of hydrogen-bond acceptors (Lipinski definition) is 4. The quantitative estimate of drug-likeness (QED) is 0.932. The highest BCUT2D eigenvalue weighted by molar-refractivity contribution is 5.21. The third-order valence-corrected chi connectivity index (χ3v) is 3.91. The van der Waals surface area contributed by atoms with E-state index in [4.69, 9.17) is 10.3 Å². The van der Waals surface area contributed by atoms with E-state index in [1.54, 1.807) is 0 Å². The Balaban J connectivity index is 1.80. The van der Waals surface area contributed by atoms with Crippen LogP contribution in [0, 0.1) is 11.6 Å². The SMILES string of the molecule is NCC1(c2nc(Cc3cc(F)cc(F)c3)no2)CCC1. The highest BCUT2D eigenvalue weighted by Gasteiger charge is 2.42. The van der Waals surface area contributed by atoms with Gasteiger partial charge in [-0.05, 0) is 30.5 Å². The summed E-state index contributed by atoms with van der Waals surface area (Å²) in [6.07, 6.45) is 3.22. The summed E-state index contributed by atoms with van der Waals surface area (Å²) in [7, 11) is 0. The van der Waals surface area contributed by atoms with Crippen LogP contribution in [0.25, 0.3) is 0 Å². The van der Waals surface area contributed by atoms with E-state index >= 15 is 0 Å². The lowest BCUT2D eigenvalue weighted by atomic mass is 9.69. The van der Waals surface area contributed by atoms with Crippen LogP contribution in [0.15, 0.2) is 22.7 Å². The minimum absolute atomic E-state index is 0.196. The third-order valence-electron chi connectivity index (χ3n) is 3.91. The van der Waals surface area contributed by atoms with E-state index in [-0.39, 0.29) is 11.8 Å². The van der Waals surface area contributed by atoms with E-state index < -0.39 is 11.6 Å². The molecule has 0 spiro atoms. The zero-order valence-electron chi connectivity index (χ0n) is 10.9. The standard InChI is InChI=1S/C14H15F2N3O/c15-10-4-9(5-11(16)7-10)6-12-18-13(20-19-12)14(8-17)2-1-3-14/h4-5,7H,1-3,6,8,17H2. The molecule has 0 radical (unpaired) electrons. The molecule has 0 saturated heterocycles. The maximum Gasteiger partial charge on any atom is 0.234 e. The van der Waals surface area contributed by atoms with Gasteiger partial charge in [-0.25, -0.2) is 8.78 Å². The summed E-state index contributed by atoms with van der Waals surface area (Å²) >= 11 is 0. The Labute approximate surface area is 115 Å². The molecule has 4 nitrogen and oxygen atoms in total. The van der Waals surface area contributed by atoms with Crippen LogP contribution in [-0.2, 0) is 11.8 Å². The molecule has 6 heteroatoms. The van der Waals surface area contributed by atoms with Gasteiger partial charge >= 0.3 is 0 Å². The van der Waals surface area contributed by atoms with Gasteiger partial charge in [0.25, 0.3) is 0 Å². The molecule has 1 fully saturated rings. The predicted molar refractivity (Wildman–Crippen MR) is 68.0 cm³/mol. The van der Waals surface area contributed by atoms with E-state index in [0.717, 1.165) is 25.3 Å². The van der Waals surface area contributed by atoms with Gasteiger partial charge < -0.3 is 10.3 Å². The minimum atomic E-state index is -0.610. The second-order valence-corrected chi connectivity index (χ2v) is 5.31. The molecule has 1 aliphatic carbocycles. The molecule has 1 heterocycles. The highest BCUT2D eigenvalue weighted by Crippen LogP contribution is 2.41. The Bertz CT molecular complexity index is 597. The normalized spacial score (nSPS) is 16.9. The minimum Gasteiger partial charge on any atom is -0.339 e. The van der Waals surface area contributed by atoms with Gasteiger partial charge in [0.2, 0.25) is 5.89 Å². The second-order valence-electron chi connectivity index (χ2n) is 5.31. The Kier molecular flexibility index (Phi) is 3.25. The Morgan fingerprint density at radius 2 is 1.90 bits per heavy atom. The summed E-state index contributed by atoms with van der Waals surface area (Å²) < 4.78 is 31.5. The van der Waals surface area contributed by atoms with E-state index in [9.17, 15) is 8.78 Å². The van der Waals surface area contributed by atoms with Crippen molar-refractivity contribution in [2.24, 2.45) is 5.73 Å². The van der Waals surface area contributed by atoms with Crippen LogP contribution in [0.2, 0.25) is 0 Å². The van der Waals surface area contributed by atoms with Gasteiger partial charge in [0.1, 0.15) is 11.6 Å². The lowest BCUT2D eigenvalue weighted by molar-refractivity contribution is 0.181. The van der Waals surface area contributed by atoms with Gasteiger partial charge in [-0.3, -0.25) is 0 Å². The average Bonchev–Trinajstić information content (AvgIpc) is 2.76. The number of hydrogen-bond donors (Lipinski definition) is 1. The first kappa shape index (κ1) is 13.2. The Hall–Kier alpha value is -1.82. The molecule has 1 saturated carbocycles. The van der Waals surface area contributed by atoms with Gasteiger partial charge in [-0.15, -0.1) is 0 Å². The summed E-state index contributed by atoms with van der Waals surface area (Å²) in [6.45, 7) is 0.475. The van der Waals surface area contributed by atoms with Crippen LogP contribution >= 0.6 is 0 Å². The fourth-order valence-corrected chi connectivity index (χ4v) is 2.55. The van der Waals surface area contributed by atoms with Crippen LogP contribution in [0.5, 0.6) is 0 Å². The van der Waals surface area contributed by atoms with Crippen molar-refractivity contribution in [3.8, 4) is 0 Å². The van der Waals surface area contributed by atoms with Gasteiger partial charge in [-0.2, -0.15) is 4.98 Å². The number of nitrogens with two attached hydrogens (primary N) is 1. The molecule has 0 unspecified atom stereocenters. The number of benzene rings is 1. The van der Waals surface area contributed by atoms with Crippen molar-refractivity contribution in [2.75, 3.05) is 6.54 Å². The van der Waals surface area contributed by atoms with Crippen LogP contribution in [0.1, 0.15) is 36.5 Å². The monoisotopic (exact) mass is 279 g/mol. The second kappa shape index (κ2) is 4.94. The number of rotatable bonds is 4. The van der Waals surface area contributed by atoms with Gasteiger partial charge in [0, 0.05) is 19.0 Å². The van der Waals surface area contributed by atoms with Crippen LogP contribution in [0.3, 0.4) is 0 Å². The van der Waals surface area contributed by atoms with Gasteiger partial charge in [-0.1, -0.05) is 11.6 Å². The largest absolute Gasteiger partial charge is 0.339 e. The summed E-state index contributed by atoms with van der Waals surface area (Å²) in [5.74, 6) is -0.259. The molecule has 1 aromatic carbocycles. The van der Waals surface area contributed by atoms with Gasteiger partial charge in [0.05, 0.1) is 5.41 Å². The molecule has 1 aromatic heterocycles. The van der Waals surface area contributed by atoms with Crippen molar-refractivity contribution in [1.82, 2.24) is 10.1 Å². The maximum absolute atomic E-state index is 13.1. The van der Waals surface area contributed by atoms with E-state index in [1.165, 1.54) is 12.1 Å². The lowest BCUT2D eigenvalue weighted by Gasteiger charge is -2.36. The molecule has 1 aliphatic rings. The fourth-order valence-electron chi connectivity index (χ4n) is 2.55. The first-order chi connectivity index (χ1) is 9.61. The number of halogens is 2. The number of aromatic nitrogens is 2. The van der Waals surface area contributed by atoms with Crippen LogP contribution < -0.4 is 5.73 Å². The zero-order chi connectivity index (χ0) is 14.2. The lowest BCUT2D eigenvalue weighted by Crippen LogP contribution is -2.41. The predicted octanol–water partition coefficient (Wildman–Crippen LogP) is 2.32. The smallest absolute Gasteiger partial charge is 0.234 e. The van der Waals surface area contributed by atoms with Crippen molar-refractivity contribution in [3.63, 3.8) is 0 Å². The number of nitrogens with zero attached hydrogens (tertiary/aromatic N) is 2. The summed E-state index contributed by atoms with van der Waals surface area (Å²) in [6, 6.07) is 3.37. The Morgan fingerprint density at radius 3 is 2.45 bits per heavy atom. The molecule has 0 amide bonds. The molecule has 0 atom stereocenters. The van der Waals surface area contributed by atoms with Crippen LogP contribution in [-0.4, -0.2) is 16.7 Å². The molecule has 2 aromatic rings. The van der Waals surface area contributed by atoms with Crippen molar-refractivity contribution >= 4 is 0 Å². The summed E-state index contributed by atoms with van der Waals surface area (Å²) in [5.41, 5.74) is 6.06. The van der Waals surface area contributed by atoms with Gasteiger partial charge in [0.15, 0.2) is 5.82 Å². The molecule has 2 N–H and O–H groups in total.